The maximum atomic E-state index is 12.2. The zero-order chi connectivity index (χ0) is 17.9. The Morgan fingerprint density at radius 3 is 2.36 bits per heavy atom. The van der Waals surface area contributed by atoms with Crippen molar-refractivity contribution >= 4 is 11.9 Å². The molecule has 0 radical (unpaired) electrons. The van der Waals surface area contributed by atoms with Gasteiger partial charge in [-0.25, -0.2) is 4.79 Å². The molecule has 0 aliphatic carbocycles. The summed E-state index contributed by atoms with van der Waals surface area (Å²) >= 11 is 0. The van der Waals surface area contributed by atoms with Gasteiger partial charge in [-0.15, -0.1) is 0 Å². The number of para-hydroxylation sites is 1. The Hall–Kier alpha value is -2.82. The summed E-state index contributed by atoms with van der Waals surface area (Å²) in [7, 11) is 0. The van der Waals surface area contributed by atoms with Crippen LogP contribution in [0.5, 0.6) is 5.75 Å². The number of ether oxygens (including phenoxy) is 1. The van der Waals surface area contributed by atoms with Crippen LogP contribution in [0.3, 0.4) is 0 Å². The van der Waals surface area contributed by atoms with Crippen molar-refractivity contribution in [1.82, 2.24) is 10.2 Å². The van der Waals surface area contributed by atoms with Crippen LogP contribution in [0, 0.1) is 0 Å². The van der Waals surface area contributed by atoms with E-state index in [9.17, 15) is 9.59 Å². The first-order valence-corrected chi connectivity index (χ1v) is 8.36. The molecule has 0 bridgehead atoms. The number of carbonyl (C=O) groups is 2. The van der Waals surface area contributed by atoms with Crippen LogP contribution in [0.1, 0.15) is 25.0 Å². The molecule has 0 saturated carbocycles. The second-order valence-electron chi connectivity index (χ2n) is 6.63. The average molecular weight is 338 g/mol. The second kappa shape index (κ2) is 6.97. The monoisotopic (exact) mass is 338 g/mol. The molecule has 3 amide bonds. The van der Waals surface area contributed by atoms with E-state index in [0.717, 1.165) is 17.7 Å². The summed E-state index contributed by atoms with van der Waals surface area (Å²) < 4.78 is 5.86. The first-order valence-electron chi connectivity index (χ1n) is 8.36. The van der Waals surface area contributed by atoms with E-state index in [1.165, 1.54) is 10.5 Å². The highest BCUT2D eigenvalue weighted by Crippen LogP contribution is 2.22. The van der Waals surface area contributed by atoms with E-state index >= 15 is 0 Å². The number of hydrogen-bond donors (Lipinski definition) is 1. The lowest BCUT2D eigenvalue weighted by atomic mass is 10.0. The van der Waals surface area contributed by atoms with Crippen LogP contribution in [0.25, 0.3) is 0 Å². The topological polar surface area (TPSA) is 58.6 Å². The summed E-state index contributed by atoms with van der Waals surface area (Å²) in [5.41, 5.74) is 1.43. The highest BCUT2D eigenvalue weighted by atomic mass is 16.5. The normalized spacial score (nSPS) is 16.0. The fourth-order valence-corrected chi connectivity index (χ4v) is 2.87. The van der Waals surface area contributed by atoms with E-state index in [4.69, 9.17) is 4.74 Å². The third-order valence-electron chi connectivity index (χ3n) is 4.23. The molecular weight excluding hydrogens is 316 g/mol. The summed E-state index contributed by atoms with van der Waals surface area (Å²) in [6.45, 7) is 3.89. The van der Waals surface area contributed by atoms with Crippen LogP contribution in [-0.4, -0.2) is 35.5 Å². The molecule has 130 valence electrons. The van der Waals surface area contributed by atoms with Gasteiger partial charge in [0.2, 0.25) is 0 Å². The number of hydrogen-bond acceptors (Lipinski definition) is 3. The van der Waals surface area contributed by atoms with Gasteiger partial charge in [-0.2, -0.15) is 0 Å². The van der Waals surface area contributed by atoms with Gasteiger partial charge in [0.25, 0.3) is 5.91 Å². The molecule has 1 aliphatic heterocycles. The summed E-state index contributed by atoms with van der Waals surface area (Å²) in [5.74, 6) is 0.552. The van der Waals surface area contributed by atoms with Gasteiger partial charge >= 0.3 is 6.03 Å². The maximum Gasteiger partial charge on any atom is 0.325 e. The molecule has 3 rings (SSSR count). The molecule has 5 heteroatoms. The Kier molecular flexibility index (Phi) is 4.74. The van der Waals surface area contributed by atoms with Crippen molar-refractivity contribution in [2.45, 2.75) is 25.8 Å². The van der Waals surface area contributed by atoms with E-state index in [2.05, 4.69) is 17.4 Å². The fraction of sp³-hybridized carbons (Fsp3) is 0.300. The van der Waals surface area contributed by atoms with E-state index in [1.54, 1.807) is 13.8 Å². The third-order valence-corrected chi connectivity index (χ3v) is 4.23. The largest absolute Gasteiger partial charge is 0.491 e. The summed E-state index contributed by atoms with van der Waals surface area (Å²) in [6.07, 6.45) is 0.771. The highest BCUT2D eigenvalue weighted by Gasteiger charge is 2.43. The van der Waals surface area contributed by atoms with E-state index < -0.39 is 5.54 Å². The molecule has 0 atom stereocenters. The summed E-state index contributed by atoms with van der Waals surface area (Å²) in [6, 6.07) is 17.6. The molecule has 5 nitrogen and oxygen atoms in total. The maximum absolute atomic E-state index is 12.2. The molecule has 1 heterocycles. The van der Waals surface area contributed by atoms with Crippen LogP contribution < -0.4 is 10.1 Å². The minimum Gasteiger partial charge on any atom is -0.491 e. The van der Waals surface area contributed by atoms with Gasteiger partial charge in [-0.05, 0) is 31.0 Å². The summed E-state index contributed by atoms with van der Waals surface area (Å²) in [5, 5.41) is 2.67. The number of imide groups is 1. The molecule has 25 heavy (non-hydrogen) atoms. The van der Waals surface area contributed by atoms with Crippen LogP contribution in [0.15, 0.2) is 54.6 Å². The van der Waals surface area contributed by atoms with Crippen LogP contribution in [0.2, 0.25) is 0 Å². The lowest BCUT2D eigenvalue weighted by Crippen LogP contribution is -2.40. The van der Waals surface area contributed by atoms with Gasteiger partial charge in [0.05, 0.1) is 6.54 Å². The van der Waals surface area contributed by atoms with Gasteiger partial charge in [0, 0.05) is 6.42 Å². The first kappa shape index (κ1) is 17.0. The van der Waals surface area contributed by atoms with Crippen molar-refractivity contribution in [1.29, 1.82) is 0 Å². The van der Waals surface area contributed by atoms with Crippen LogP contribution in [0.4, 0.5) is 4.79 Å². The number of nitrogens with zero attached hydrogens (tertiary/aromatic N) is 1. The van der Waals surface area contributed by atoms with Gasteiger partial charge in [0.1, 0.15) is 17.9 Å². The zero-order valence-corrected chi connectivity index (χ0v) is 14.5. The Labute approximate surface area is 147 Å². The van der Waals surface area contributed by atoms with Crippen molar-refractivity contribution in [3.8, 4) is 5.75 Å². The molecule has 0 unspecified atom stereocenters. The van der Waals surface area contributed by atoms with Crippen molar-refractivity contribution in [3.63, 3.8) is 0 Å². The predicted octanol–water partition coefficient (Wildman–Crippen LogP) is 2.99. The lowest BCUT2D eigenvalue weighted by Gasteiger charge is -2.17. The van der Waals surface area contributed by atoms with Gasteiger partial charge < -0.3 is 10.1 Å². The average Bonchev–Trinajstić information content (AvgIpc) is 2.79. The van der Waals surface area contributed by atoms with Gasteiger partial charge in [-0.3, -0.25) is 9.69 Å². The van der Waals surface area contributed by atoms with Crippen molar-refractivity contribution in [2.75, 3.05) is 13.2 Å². The van der Waals surface area contributed by atoms with Crippen molar-refractivity contribution < 1.29 is 14.3 Å². The molecule has 1 aliphatic rings. The van der Waals surface area contributed by atoms with E-state index in [1.807, 2.05) is 42.5 Å². The Balaban J connectivity index is 1.62. The quantitative estimate of drug-likeness (QED) is 0.824. The number of benzene rings is 2. The van der Waals surface area contributed by atoms with Crippen molar-refractivity contribution in [3.05, 3.63) is 65.7 Å². The first-order chi connectivity index (χ1) is 12.0. The SMILES string of the molecule is CC1(C)NC(=O)N(CCOc2ccccc2Cc2ccccc2)C1=O. The Morgan fingerprint density at radius 1 is 1.00 bits per heavy atom. The number of carbonyl (C=O) groups excluding carboxylic acids is 2. The fourth-order valence-electron chi connectivity index (χ4n) is 2.87. The van der Waals surface area contributed by atoms with E-state index in [-0.39, 0.29) is 25.1 Å². The molecule has 1 saturated heterocycles. The molecular formula is C20H22N2O3. The van der Waals surface area contributed by atoms with Gasteiger partial charge in [-0.1, -0.05) is 48.5 Å². The highest BCUT2D eigenvalue weighted by molar-refractivity contribution is 6.06. The van der Waals surface area contributed by atoms with Gasteiger partial charge in [0.15, 0.2) is 0 Å². The number of rotatable bonds is 6. The Bertz CT molecular complexity index is 772. The molecule has 2 aromatic rings. The molecule has 2 aromatic carbocycles. The zero-order valence-electron chi connectivity index (χ0n) is 14.5. The third kappa shape index (κ3) is 3.82. The standard InChI is InChI=1S/C20H22N2O3/c1-20(2)18(23)22(19(24)21-20)12-13-25-17-11-7-6-10-16(17)14-15-8-4-3-5-9-15/h3-11H,12-14H2,1-2H3,(H,21,24). The van der Waals surface area contributed by atoms with E-state index in [0.29, 0.717) is 0 Å². The number of amides is 3. The molecule has 0 aromatic heterocycles. The van der Waals surface area contributed by atoms with Crippen molar-refractivity contribution in [2.24, 2.45) is 0 Å². The molecule has 1 N–H and O–H groups in total. The van der Waals surface area contributed by atoms with Crippen LogP contribution in [-0.2, 0) is 11.2 Å². The summed E-state index contributed by atoms with van der Waals surface area (Å²) in [4.78, 5) is 25.3. The minimum absolute atomic E-state index is 0.223. The minimum atomic E-state index is -0.845. The molecule has 0 spiro atoms. The lowest BCUT2D eigenvalue weighted by molar-refractivity contribution is -0.130. The molecule has 1 fully saturated rings. The number of urea groups is 1. The number of nitrogens with one attached hydrogen (secondary N) is 1. The predicted molar refractivity (Wildman–Crippen MR) is 95.5 cm³/mol. The smallest absolute Gasteiger partial charge is 0.325 e. The second-order valence-corrected chi connectivity index (χ2v) is 6.63. The van der Waals surface area contributed by atoms with Crippen LogP contribution >= 0.6 is 0 Å². The Morgan fingerprint density at radius 2 is 1.68 bits per heavy atom.